The lowest BCUT2D eigenvalue weighted by Crippen LogP contribution is -2.31. The van der Waals surface area contributed by atoms with Crippen molar-refractivity contribution in [2.45, 2.75) is 33.2 Å². The number of carbonyl (C=O) groups is 2. The maximum Gasteiger partial charge on any atom is 0.295 e. The minimum Gasteiger partial charge on any atom is -0.507 e. The quantitative estimate of drug-likeness (QED) is 0.202. The molecule has 1 amide bonds. The van der Waals surface area contributed by atoms with Crippen LogP contribution in [0.1, 0.15) is 43.0 Å². The molecule has 2 aromatic carbocycles. The van der Waals surface area contributed by atoms with Crippen molar-refractivity contribution in [3.63, 3.8) is 0 Å². The van der Waals surface area contributed by atoms with E-state index in [4.69, 9.17) is 32.7 Å². The van der Waals surface area contributed by atoms with Gasteiger partial charge in [0.25, 0.3) is 11.7 Å². The minimum atomic E-state index is -0.802. The number of rotatable bonds is 9. The molecule has 1 atom stereocenters. The molecule has 8 heteroatoms. The second-order valence-corrected chi connectivity index (χ2v) is 9.51. The number of likely N-dealkylation sites (tertiary alicyclic amines) is 1. The molecule has 0 bridgehead atoms. The third-order valence-electron chi connectivity index (χ3n) is 5.57. The highest BCUT2D eigenvalue weighted by molar-refractivity contribution is 6.46. The highest BCUT2D eigenvalue weighted by Gasteiger charge is 2.46. The molecule has 2 aromatic rings. The van der Waals surface area contributed by atoms with Crippen molar-refractivity contribution in [2.75, 3.05) is 26.9 Å². The van der Waals surface area contributed by atoms with Crippen LogP contribution in [-0.2, 0) is 14.3 Å². The fourth-order valence-electron chi connectivity index (χ4n) is 3.89. The van der Waals surface area contributed by atoms with E-state index in [1.54, 1.807) is 43.5 Å². The number of benzene rings is 2. The Morgan fingerprint density at radius 3 is 2.47 bits per heavy atom. The van der Waals surface area contributed by atoms with Gasteiger partial charge in [0.2, 0.25) is 0 Å². The van der Waals surface area contributed by atoms with Crippen molar-refractivity contribution in [1.29, 1.82) is 0 Å². The topological polar surface area (TPSA) is 76.1 Å². The molecule has 0 radical (unpaired) electrons. The van der Waals surface area contributed by atoms with E-state index in [0.717, 1.165) is 5.56 Å². The van der Waals surface area contributed by atoms with Crippen LogP contribution in [-0.4, -0.2) is 48.6 Å². The zero-order chi connectivity index (χ0) is 25.0. The molecule has 0 saturated carbocycles. The monoisotopic (exact) mass is 505 g/mol. The lowest BCUT2D eigenvalue weighted by molar-refractivity contribution is -0.140. The average Bonchev–Trinajstić information content (AvgIpc) is 3.04. The first-order valence-electron chi connectivity index (χ1n) is 11.1. The zero-order valence-corrected chi connectivity index (χ0v) is 21.2. The molecular weight excluding hydrogens is 477 g/mol. The molecule has 34 heavy (non-hydrogen) atoms. The van der Waals surface area contributed by atoms with E-state index in [9.17, 15) is 14.7 Å². The van der Waals surface area contributed by atoms with Crippen molar-refractivity contribution in [3.05, 3.63) is 68.7 Å². The fraction of sp³-hybridized carbons (Fsp3) is 0.385. The minimum absolute atomic E-state index is 0.0102. The largest absolute Gasteiger partial charge is 0.507 e. The Balaban J connectivity index is 2.08. The number of methoxy groups -OCH3 is 1. The Bertz CT molecular complexity index is 1110. The van der Waals surface area contributed by atoms with Gasteiger partial charge in [-0.15, -0.1) is 0 Å². The summed E-state index contributed by atoms with van der Waals surface area (Å²) in [4.78, 5) is 27.5. The summed E-state index contributed by atoms with van der Waals surface area (Å²) in [5.74, 6) is -0.604. The number of carbonyl (C=O) groups excluding carboxylic acids is 2. The van der Waals surface area contributed by atoms with Crippen molar-refractivity contribution in [2.24, 2.45) is 5.92 Å². The Labute approximate surface area is 210 Å². The van der Waals surface area contributed by atoms with Crippen LogP contribution in [0.15, 0.2) is 42.0 Å². The standard InChI is InChI=1S/C26H29Cl2NO5/c1-15(2)14-34-21-9-7-18(12-16(21)3)24(30)22-23(17-6-8-19(27)20(28)13-17)29(10-5-11-33-4)26(32)25(22)31/h6-9,12-13,15,23,30H,5,10-11,14H2,1-4H3/b24-22+/t23-/m0/s1. The number of amides is 1. The van der Waals surface area contributed by atoms with Crippen LogP contribution in [0.5, 0.6) is 5.75 Å². The van der Waals surface area contributed by atoms with Crippen LogP contribution >= 0.6 is 23.2 Å². The number of ketones is 1. The number of Topliss-reactive ketones (excluding diaryl/α,β-unsaturated/α-hetero) is 1. The summed E-state index contributed by atoms with van der Waals surface area (Å²) in [7, 11) is 1.57. The van der Waals surface area contributed by atoms with E-state index in [1.807, 2.05) is 6.92 Å². The molecule has 6 nitrogen and oxygen atoms in total. The zero-order valence-electron chi connectivity index (χ0n) is 19.7. The molecule has 1 fully saturated rings. The summed E-state index contributed by atoms with van der Waals surface area (Å²) in [6.07, 6.45) is 0.530. The molecular formula is C26H29Cl2NO5. The summed E-state index contributed by atoms with van der Waals surface area (Å²) in [6, 6.07) is 9.32. The molecule has 0 aromatic heterocycles. The number of hydrogen-bond donors (Lipinski definition) is 1. The fourth-order valence-corrected chi connectivity index (χ4v) is 4.20. The van der Waals surface area contributed by atoms with Gasteiger partial charge in [0.1, 0.15) is 11.5 Å². The smallest absolute Gasteiger partial charge is 0.295 e. The summed E-state index contributed by atoms with van der Waals surface area (Å²) < 4.78 is 10.9. The van der Waals surface area contributed by atoms with Crippen LogP contribution in [0.25, 0.3) is 5.76 Å². The van der Waals surface area contributed by atoms with Gasteiger partial charge in [-0.2, -0.15) is 0 Å². The van der Waals surface area contributed by atoms with Gasteiger partial charge >= 0.3 is 0 Å². The lowest BCUT2D eigenvalue weighted by atomic mass is 9.94. The van der Waals surface area contributed by atoms with Crippen LogP contribution < -0.4 is 4.74 Å². The Morgan fingerprint density at radius 2 is 1.85 bits per heavy atom. The molecule has 182 valence electrons. The number of hydrogen-bond acceptors (Lipinski definition) is 5. The molecule has 1 aliphatic rings. The number of aryl methyl sites for hydroxylation is 1. The molecule has 3 rings (SSSR count). The number of aliphatic hydroxyl groups is 1. The van der Waals surface area contributed by atoms with Crippen LogP contribution in [0.2, 0.25) is 10.0 Å². The molecule has 0 spiro atoms. The Morgan fingerprint density at radius 1 is 1.12 bits per heavy atom. The van der Waals surface area contributed by atoms with Crippen LogP contribution in [0, 0.1) is 12.8 Å². The predicted octanol–water partition coefficient (Wildman–Crippen LogP) is 5.79. The van der Waals surface area contributed by atoms with Crippen molar-refractivity contribution in [3.8, 4) is 5.75 Å². The van der Waals surface area contributed by atoms with E-state index in [2.05, 4.69) is 13.8 Å². The van der Waals surface area contributed by atoms with Gasteiger partial charge in [-0.25, -0.2) is 0 Å². The normalized spacial score (nSPS) is 17.6. The van der Waals surface area contributed by atoms with Gasteiger partial charge in [0, 0.05) is 25.8 Å². The van der Waals surface area contributed by atoms with Gasteiger partial charge in [-0.3, -0.25) is 9.59 Å². The van der Waals surface area contributed by atoms with Crippen LogP contribution in [0.3, 0.4) is 0 Å². The van der Waals surface area contributed by atoms with E-state index in [1.165, 1.54) is 4.90 Å². The van der Waals surface area contributed by atoms with Crippen molar-refractivity contribution >= 4 is 40.7 Å². The van der Waals surface area contributed by atoms with Crippen molar-refractivity contribution < 1.29 is 24.2 Å². The SMILES string of the molecule is COCCCN1C(=O)C(=O)/C(=C(/O)c2ccc(OCC(C)C)c(C)c2)[C@@H]1c1ccc(Cl)c(Cl)c1. The number of halogens is 2. The van der Waals surface area contributed by atoms with Gasteiger partial charge in [-0.05, 0) is 60.7 Å². The molecule has 1 heterocycles. The second-order valence-electron chi connectivity index (χ2n) is 8.70. The Hall–Kier alpha value is -2.54. The first-order chi connectivity index (χ1) is 16.1. The van der Waals surface area contributed by atoms with Crippen molar-refractivity contribution in [1.82, 2.24) is 4.90 Å². The maximum atomic E-state index is 13.1. The van der Waals surface area contributed by atoms with Gasteiger partial charge < -0.3 is 19.5 Å². The molecule has 1 aliphatic heterocycles. The maximum absolute atomic E-state index is 13.1. The highest BCUT2D eigenvalue weighted by Crippen LogP contribution is 2.41. The summed E-state index contributed by atoms with van der Waals surface area (Å²) in [6.45, 7) is 7.26. The lowest BCUT2D eigenvalue weighted by Gasteiger charge is -2.25. The third kappa shape index (κ3) is 5.57. The van der Waals surface area contributed by atoms with E-state index < -0.39 is 17.7 Å². The third-order valence-corrected chi connectivity index (χ3v) is 6.31. The second kappa shape index (κ2) is 11.3. The van der Waals surface area contributed by atoms with E-state index in [0.29, 0.717) is 52.5 Å². The van der Waals surface area contributed by atoms with Gasteiger partial charge in [-0.1, -0.05) is 43.1 Å². The molecule has 1 N–H and O–H groups in total. The summed E-state index contributed by atoms with van der Waals surface area (Å²) >= 11 is 12.3. The number of aliphatic hydroxyl groups excluding tert-OH is 1. The first-order valence-corrected chi connectivity index (χ1v) is 11.9. The Kier molecular flexibility index (Phi) is 8.63. The molecule has 0 aliphatic carbocycles. The van der Waals surface area contributed by atoms with Crippen LogP contribution in [0.4, 0.5) is 0 Å². The average molecular weight is 506 g/mol. The predicted molar refractivity (Wildman–Crippen MR) is 133 cm³/mol. The summed E-state index contributed by atoms with van der Waals surface area (Å²) in [5, 5.41) is 11.9. The molecule has 1 saturated heterocycles. The first kappa shape index (κ1) is 26.1. The van der Waals surface area contributed by atoms with Gasteiger partial charge in [0.15, 0.2) is 0 Å². The van der Waals surface area contributed by atoms with E-state index >= 15 is 0 Å². The number of ether oxygens (including phenoxy) is 2. The highest BCUT2D eigenvalue weighted by atomic mass is 35.5. The number of nitrogens with zero attached hydrogens (tertiary/aromatic N) is 1. The van der Waals surface area contributed by atoms with E-state index in [-0.39, 0.29) is 17.9 Å². The van der Waals surface area contributed by atoms with Gasteiger partial charge in [0.05, 0.1) is 28.3 Å². The molecule has 0 unspecified atom stereocenters. The summed E-state index contributed by atoms with van der Waals surface area (Å²) in [5.41, 5.74) is 1.83.